The molecule has 0 bridgehead atoms. The highest BCUT2D eigenvalue weighted by Crippen LogP contribution is 2.21. The van der Waals surface area contributed by atoms with Crippen LogP contribution < -0.4 is 4.90 Å². The number of hydrogen-bond donors (Lipinski definition) is 0. The highest BCUT2D eigenvalue weighted by Gasteiger charge is 2.14. The first-order valence-corrected chi connectivity index (χ1v) is 9.54. The van der Waals surface area contributed by atoms with Gasteiger partial charge in [0.1, 0.15) is 5.82 Å². The maximum atomic E-state index is 5.43. The summed E-state index contributed by atoms with van der Waals surface area (Å²) in [5.41, 5.74) is 2.15. The van der Waals surface area contributed by atoms with E-state index in [1.165, 1.54) is 24.8 Å². The second kappa shape index (κ2) is 8.31. The van der Waals surface area contributed by atoms with Gasteiger partial charge in [-0.3, -0.25) is 4.90 Å². The summed E-state index contributed by atoms with van der Waals surface area (Å²) < 4.78 is 5.43. The molecule has 6 nitrogen and oxygen atoms in total. The molecule has 2 aromatic heterocycles. The summed E-state index contributed by atoms with van der Waals surface area (Å²) in [6.45, 7) is 3.63. The Morgan fingerprint density at radius 1 is 1.00 bits per heavy atom. The molecule has 27 heavy (non-hydrogen) atoms. The van der Waals surface area contributed by atoms with Gasteiger partial charge in [-0.25, -0.2) is 4.98 Å². The van der Waals surface area contributed by atoms with Gasteiger partial charge < -0.3 is 9.42 Å². The van der Waals surface area contributed by atoms with Gasteiger partial charge >= 0.3 is 0 Å². The Kier molecular flexibility index (Phi) is 5.44. The molecule has 4 rings (SSSR count). The molecule has 0 atom stereocenters. The van der Waals surface area contributed by atoms with Gasteiger partial charge in [-0.15, -0.1) is 0 Å². The molecule has 0 saturated carbocycles. The average molecular weight is 363 g/mol. The fraction of sp³-hybridized carbons (Fsp3) is 0.381. The van der Waals surface area contributed by atoms with Crippen molar-refractivity contribution in [3.05, 3.63) is 60.1 Å². The standard InChI is InChI=1S/C21H25N5O/c1-25(15-17-8-4-2-5-9-17)16-20-23-21(24-27-20)18-10-11-19(22-14-18)26-12-6-3-7-13-26/h2,4-5,8-11,14H,3,6-7,12-13,15-16H2,1H3. The maximum absolute atomic E-state index is 5.43. The monoisotopic (exact) mass is 363 g/mol. The molecular weight excluding hydrogens is 338 g/mol. The molecule has 140 valence electrons. The van der Waals surface area contributed by atoms with E-state index in [9.17, 15) is 0 Å². The summed E-state index contributed by atoms with van der Waals surface area (Å²) in [5, 5.41) is 4.12. The minimum absolute atomic E-state index is 0.593. The smallest absolute Gasteiger partial charge is 0.241 e. The molecule has 3 heterocycles. The van der Waals surface area contributed by atoms with Gasteiger partial charge in [-0.05, 0) is 44.0 Å². The number of pyridine rings is 1. The minimum Gasteiger partial charge on any atom is -0.357 e. The third kappa shape index (κ3) is 4.52. The molecule has 6 heteroatoms. The van der Waals surface area contributed by atoms with Crippen LogP contribution in [0.4, 0.5) is 5.82 Å². The van der Waals surface area contributed by atoms with Crippen LogP contribution >= 0.6 is 0 Å². The van der Waals surface area contributed by atoms with Crippen molar-refractivity contribution in [2.24, 2.45) is 0 Å². The van der Waals surface area contributed by atoms with Gasteiger partial charge in [-0.1, -0.05) is 35.5 Å². The number of aromatic nitrogens is 3. The van der Waals surface area contributed by atoms with Crippen LogP contribution in [0.1, 0.15) is 30.7 Å². The van der Waals surface area contributed by atoms with Crippen LogP contribution in [0.3, 0.4) is 0 Å². The summed E-state index contributed by atoms with van der Waals surface area (Å²) in [6, 6.07) is 14.4. The summed E-state index contributed by atoms with van der Waals surface area (Å²) in [7, 11) is 2.05. The molecule has 1 saturated heterocycles. The van der Waals surface area contributed by atoms with Crippen molar-refractivity contribution < 1.29 is 4.52 Å². The lowest BCUT2D eigenvalue weighted by atomic mass is 10.1. The van der Waals surface area contributed by atoms with Gasteiger partial charge in [0.25, 0.3) is 0 Å². The van der Waals surface area contributed by atoms with Crippen molar-refractivity contribution in [1.82, 2.24) is 20.0 Å². The Bertz CT molecular complexity index is 841. The Morgan fingerprint density at radius 2 is 1.81 bits per heavy atom. The van der Waals surface area contributed by atoms with E-state index >= 15 is 0 Å². The van der Waals surface area contributed by atoms with Crippen molar-refractivity contribution in [2.45, 2.75) is 32.4 Å². The first-order valence-electron chi connectivity index (χ1n) is 9.54. The van der Waals surface area contributed by atoms with Gasteiger partial charge in [0, 0.05) is 31.4 Å². The summed E-state index contributed by atoms with van der Waals surface area (Å²) in [5.74, 6) is 2.24. The third-order valence-electron chi connectivity index (χ3n) is 4.85. The quantitative estimate of drug-likeness (QED) is 0.665. The second-order valence-corrected chi connectivity index (χ2v) is 7.12. The second-order valence-electron chi connectivity index (χ2n) is 7.12. The largest absolute Gasteiger partial charge is 0.357 e. The zero-order valence-electron chi connectivity index (χ0n) is 15.7. The Labute approximate surface area is 159 Å². The molecule has 0 aliphatic carbocycles. The van der Waals surface area contributed by atoms with E-state index in [2.05, 4.69) is 55.3 Å². The Morgan fingerprint density at radius 3 is 2.56 bits per heavy atom. The predicted octanol–water partition coefficient (Wildman–Crippen LogP) is 3.75. The van der Waals surface area contributed by atoms with E-state index in [4.69, 9.17) is 4.52 Å². The van der Waals surface area contributed by atoms with Crippen LogP contribution in [0, 0.1) is 0 Å². The first kappa shape index (κ1) is 17.7. The van der Waals surface area contributed by atoms with E-state index in [1.54, 1.807) is 0 Å². The zero-order chi connectivity index (χ0) is 18.5. The lowest BCUT2D eigenvalue weighted by Gasteiger charge is -2.27. The third-order valence-corrected chi connectivity index (χ3v) is 4.85. The average Bonchev–Trinajstić information content (AvgIpc) is 3.18. The van der Waals surface area contributed by atoms with Crippen LogP contribution in [0.5, 0.6) is 0 Å². The Balaban J connectivity index is 1.38. The molecule has 0 N–H and O–H groups in total. The number of piperidine rings is 1. The molecule has 1 aliphatic rings. The molecule has 0 spiro atoms. The molecule has 0 amide bonds. The number of benzene rings is 1. The van der Waals surface area contributed by atoms with Crippen LogP contribution in [-0.2, 0) is 13.1 Å². The van der Waals surface area contributed by atoms with E-state index in [0.29, 0.717) is 18.3 Å². The van der Waals surface area contributed by atoms with Crippen LogP contribution in [-0.4, -0.2) is 40.2 Å². The van der Waals surface area contributed by atoms with Gasteiger partial charge in [0.2, 0.25) is 11.7 Å². The fourth-order valence-electron chi connectivity index (χ4n) is 3.45. The molecular formula is C21H25N5O. The molecule has 3 aromatic rings. The van der Waals surface area contributed by atoms with Crippen LogP contribution in [0.25, 0.3) is 11.4 Å². The number of rotatable bonds is 6. The molecule has 1 aliphatic heterocycles. The summed E-state index contributed by atoms with van der Waals surface area (Å²) in [4.78, 5) is 13.6. The van der Waals surface area contributed by atoms with Crippen molar-refractivity contribution >= 4 is 5.82 Å². The van der Waals surface area contributed by atoms with Gasteiger partial charge in [-0.2, -0.15) is 4.98 Å². The Hall–Kier alpha value is -2.73. The van der Waals surface area contributed by atoms with Crippen LogP contribution in [0.15, 0.2) is 53.2 Å². The van der Waals surface area contributed by atoms with Gasteiger partial charge in [0.15, 0.2) is 0 Å². The van der Waals surface area contributed by atoms with Gasteiger partial charge in [0.05, 0.1) is 6.54 Å². The van der Waals surface area contributed by atoms with E-state index in [-0.39, 0.29) is 0 Å². The SMILES string of the molecule is CN(Cc1ccccc1)Cc1nc(-c2ccc(N3CCCCC3)nc2)no1. The summed E-state index contributed by atoms with van der Waals surface area (Å²) in [6.07, 6.45) is 5.65. The highest BCUT2D eigenvalue weighted by molar-refractivity contribution is 5.55. The zero-order valence-corrected chi connectivity index (χ0v) is 15.7. The van der Waals surface area contributed by atoms with Crippen molar-refractivity contribution in [3.8, 4) is 11.4 Å². The minimum atomic E-state index is 0.593. The number of hydrogen-bond acceptors (Lipinski definition) is 6. The molecule has 0 unspecified atom stereocenters. The topological polar surface area (TPSA) is 58.3 Å². The molecule has 1 aromatic carbocycles. The van der Waals surface area contributed by atoms with Crippen molar-refractivity contribution in [3.63, 3.8) is 0 Å². The highest BCUT2D eigenvalue weighted by atomic mass is 16.5. The summed E-state index contributed by atoms with van der Waals surface area (Å²) >= 11 is 0. The number of anilines is 1. The van der Waals surface area contributed by atoms with E-state index < -0.39 is 0 Å². The lowest BCUT2D eigenvalue weighted by Crippen LogP contribution is -2.29. The normalized spacial score (nSPS) is 14.7. The van der Waals surface area contributed by atoms with E-state index in [0.717, 1.165) is 31.0 Å². The van der Waals surface area contributed by atoms with Crippen molar-refractivity contribution in [2.75, 3.05) is 25.0 Å². The predicted molar refractivity (Wildman–Crippen MR) is 105 cm³/mol. The van der Waals surface area contributed by atoms with Crippen molar-refractivity contribution in [1.29, 1.82) is 0 Å². The fourth-order valence-corrected chi connectivity index (χ4v) is 3.45. The molecule has 1 fully saturated rings. The molecule has 0 radical (unpaired) electrons. The first-order chi connectivity index (χ1) is 13.3. The maximum Gasteiger partial charge on any atom is 0.241 e. The number of nitrogens with zero attached hydrogens (tertiary/aromatic N) is 5. The van der Waals surface area contributed by atoms with E-state index in [1.807, 2.05) is 25.4 Å². The lowest BCUT2D eigenvalue weighted by molar-refractivity contribution is 0.261. The van der Waals surface area contributed by atoms with Crippen LogP contribution in [0.2, 0.25) is 0 Å².